The topological polar surface area (TPSA) is 33.1 Å². The van der Waals surface area contributed by atoms with Gasteiger partial charge in [0.05, 0.1) is 11.1 Å². The van der Waals surface area contributed by atoms with Crippen molar-refractivity contribution in [3.8, 4) is 0 Å². The third-order valence-corrected chi connectivity index (χ3v) is 3.92. The van der Waals surface area contributed by atoms with Crippen LogP contribution >= 0.6 is 0 Å². The van der Waals surface area contributed by atoms with Gasteiger partial charge in [0.15, 0.2) is 0 Å². The van der Waals surface area contributed by atoms with E-state index < -0.39 is 5.60 Å². The Bertz CT molecular complexity index is 530. The number of aromatic nitrogens is 1. The second kappa shape index (κ2) is 5.07. The summed E-state index contributed by atoms with van der Waals surface area (Å²) in [6.45, 7) is 6.20. The second-order valence-corrected chi connectivity index (χ2v) is 5.28. The van der Waals surface area contributed by atoms with Gasteiger partial charge in [0.2, 0.25) is 0 Å². The molecule has 1 N–H and O–H groups in total. The van der Waals surface area contributed by atoms with Crippen LogP contribution in [0.15, 0.2) is 36.5 Å². The molecule has 0 saturated heterocycles. The first kappa shape index (κ1) is 13.0. The van der Waals surface area contributed by atoms with Gasteiger partial charge in [0, 0.05) is 18.0 Å². The Labute approximate surface area is 109 Å². The van der Waals surface area contributed by atoms with E-state index in [0.29, 0.717) is 6.42 Å². The van der Waals surface area contributed by atoms with Crippen molar-refractivity contribution in [2.75, 3.05) is 0 Å². The molecular formula is C16H21NO. The largest absolute Gasteiger partial charge is 0.389 e. The third-order valence-electron chi connectivity index (χ3n) is 3.92. The van der Waals surface area contributed by atoms with Crippen LogP contribution in [0.4, 0.5) is 0 Å². The first-order valence-electron chi connectivity index (χ1n) is 6.62. The van der Waals surface area contributed by atoms with E-state index in [2.05, 4.69) is 24.9 Å². The molecule has 0 fully saturated rings. The van der Waals surface area contributed by atoms with E-state index in [9.17, 15) is 5.11 Å². The molecule has 0 spiro atoms. The standard InChI is InChI=1S/C16H21NO/c1-4-16(18,12(2)3)11-13-9-10-17-15-8-6-5-7-14(13)15/h5-10,12,18H,4,11H2,1-3H3. The molecule has 0 aliphatic carbocycles. The lowest BCUT2D eigenvalue weighted by Crippen LogP contribution is -2.36. The van der Waals surface area contributed by atoms with Crippen molar-refractivity contribution in [1.82, 2.24) is 4.98 Å². The molecule has 0 aliphatic heterocycles. The van der Waals surface area contributed by atoms with Gasteiger partial charge in [-0.15, -0.1) is 0 Å². The van der Waals surface area contributed by atoms with E-state index in [-0.39, 0.29) is 5.92 Å². The highest BCUT2D eigenvalue weighted by Crippen LogP contribution is 2.28. The quantitative estimate of drug-likeness (QED) is 0.890. The lowest BCUT2D eigenvalue weighted by molar-refractivity contribution is -0.00801. The van der Waals surface area contributed by atoms with Gasteiger partial charge in [-0.1, -0.05) is 39.0 Å². The fraction of sp³-hybridized carbons (Fsp3) is 0.438. The summed E-state index contributed by atoms with van der Waals surface area (Å²) in [6, 6.07) is 10.1. The van der Waals surface area contributed by atoms with E-state index >= 15 is 0 Å². The van der Waals surface area contributed by atoms with Crippen molar-refractivity contribution in [3.05, 3.63) is 42.1 Å². The van der Waals surface area contributed by atoms with Crippen LogP contribution in [0.5, 0.6) is 0 Å². The zero-order valence-electron chi connectivity index (χ0n) is 11.4. The molecule has 0 saturated carbocycles. The smallest absolute Gasteiger partial charge is 0.0708 e. The van der Waals surface area contributed by atoms with Gasteiger partial charge in [-0.05, 0) is 30.0 Å². The van der Waals surface area contributed by atoms with Crippen LogP contribution in [0, 0.1) is 5.92 Å². The number of aliphatic hydroxyl groups is 1. The second-order valence-electron chi connectivity index (χ2n) is 5.28. The van der Waals surface area contributed by atoms with E-state index in [1.807, 2.05) is 37.4 Å². The average molecular weight is 243 g/mol. The molecule has 1 aromatic carbocycles. The normalized spacial score (nSPS) is 14.9. The number of fused-ring (bicyclic) bond motifs is 1. The zero-order valence-corrected chi connectivity index (χ0v) is 11.4. The molecule has 2 nitrogen and oxygen atoms in total. The summed E-state index contributed by atoms with van der Waals surface area (Å²) in [7, 11) is 0. The van der Waals surface area contributed by atoms with Crippen LogP contribution in [-0.2, 0) is 6.42 Å². The van der Waals surface area contributed by atoms with Gasteiger partial charge < -0.3 is 5.11 Å². The number of rotatable bonds is 4. The number of pyridine rings is 1. The maximum atomic E-state index is 10.7. The molecule has 1 unspecified atom stereocenters. The molecule has 18 heavy (non-hydrogen) atoms. The molecular weight excluding hydrogens is 222 g/mol. The predicted molar refractivity (Wildman–Crippen MR) is 75.5 cm³/mol. The Morgan fingerprint density at radius 3 is 2.61 bits per heavy atom. The van der Waals surface area contributed by atoms with Crippen molar-refractivity contribution in [1.29, 1.82) is 0 Å². The maximum absolute atomic E-state index is 10.7. The number of para-hydroxylation sites is 1. The summed E-state index contributed by atoms with van der Waals surface area (Å²) in [5.74, 6) is 0.245. The van der Waals surface area contributed by atoms with Crippen molar-refractivity contribution in [2.24, 2.45) is 5.92 Å². The fourth-order valence-corrected chi connectivity index (χ4v) is 2.38. The average Bonchev–Trinajstić information content (AvgIpc) is 2.39. The summed E-state index contributed by atoms with van der Waals surface area (Å²) in [5, 5.41) is 11.8. The summed E-state index contributed by atoms with van der Waals surface area (Å²) >= 11 is 0. The van der Waals surface area contributed by atoms with E-state index in [1.165, 1.54) is 5.56 Å². The fourth-order valence-electron chi connectivity index (χ4n) is 2.38. The van der Waals surface area contributed by atoms with Crippen LogP contribution in [0.2, 0.25) is 0 Å². The SMILES string of the molecule is CCC(O)(Cc1ccnc2ccccc12)C(C)C. The molecule has 96 valence electrons. The van der Waals surface area contributed by atoms with Crippen molar-refractivity contribution < 1.29 is 5.11 Å². The molecule has 2 heteroatoms. The maximum Gasteiger partial charge on any atom is 0.0708 e. The lowest BCUT2D eigenvalue weighted by atomic mass is 9.81. The van der Waals surface area contributed by atoms with Crippen LogP contribution in [0.25, 0.3) is 10.9 Å². The van der Waals surface area contributed by atoms with Crippen molar-refractivity contribution in [3.63, 3.8) is 0 Å². The summed E-state index contributed by atoms with van der Waals surface area (Å²) in [4.78, 5) is 4.36. The Morgan fingerprint density at radius 2 is 1.94 bits per heavy atom. The van der Waals surface area contributed by atoms with Crippen molar-refractivity contribution >= 4 is 10.9 Å². The minimum atomic E-state index is -0.635. The Kier molecular flexibility index (Phi) is 3.67. The zero-order chi connectivity index (χ0) is 13.2. The third kappa shape index (κ3) is 2.39. The summed E-state index contributed by atoms with van der Waals surface area (Å²) < 4.78 is 0. The number of benzene rings is 1. The Morgan fingerprint density at radius 1 is 1.22 bits per heavy atom. The van der Waals surface area contributed by atoms with Crippen LogP contribution < -0.4 is 0 Å². The van der Waals surface area contributed by atoms with Gasteiger partial charge in [0.25, 0.3) is 0 Å². The van der Waals surface area contributed by atoms with E-state index in [1.54, 1.807) is 0 Å². The molecule has 0 radical (unpaired) electrons. The van der Waals surface area contributed by atoms with Crippen LogP contribution in [0.1, 0.15) is 32.8 Å². The lowest BCUT2D eigenvalue weighted by Gasteiger charge is -2.31. The molecule has 2 aromatic rings. The molecule has 1 atom stereocenters. The molecule has 1 heterocycles. The van der Waals surface area contributed by atoms with E-state index in [4.69, 9.17) is 0 Å². The highest BCUT2D eigenvalue weighted by Gasteiger charge is 2.29. The number of hydrogen-bond donors (Lipinski definition) is 1. The minimum Gasteiger partial charge on any atom is -0.389 e. The first-order valence-corrected chi connectivity index (χ1v) is 6.62. The molecule has 0 amide bonds. The van der Waals surface area contributed by atoms with Crippen molar-refractivity contribution in [2.45, 2.75) is 39.2 Å². The molecule has 0 aliphatic rings. The Balaban J connectivity index is 2.43. The van der Waals surface area contributed by atoms with Crippen LogP contribution in [0.3, 0.4) is 0 Å². The van der Waals surface area contributed by atoms with Gasteiger partial charge in [-0.25, -0.2) is 0 Å². The molecule has 0 bridgehead atoms. The van der Waals surface area contributed by atoms with E-state index in [0.717, 1.165) is 17.3 Å². The van der Waals surface area contributed by atoms with Gasteiger partial charge >= 0.3 is 0 Å². The number of nitrogens with zero attached hydrogens (tertiary/aromatic N) is 1. The monoisotopic (exact) mass is 243 g/mol. The van der Waals surface area contributed by atoms with Gasteiger partial charge in [0.1, 0.15) is 0 Å². The van der Waals surface area contributed by atoms with Gasteiger partial charge in [-0.3, -0.25) is 4.98 Å². The highest BCUT2D eigenvalue weighted by atomic mass is 16.3. The van der Waals surface area contributed by atoms with Crippen LogP contribution in [-0.4, -0.2) is 15.7 Å². The Hall–Kier alpha value is -1.41. The minimum absolute atomic E-state index is 0.245. The summed E-state index contributed by atoms with van der Waals surface area (Å²) in [5.41, 5.74) is 1.54. The molecule has 2 rings (SSSR count). The first-order chi connectivity index (χ1) is 8.57. The number of hydrogen-bond acceptors (Lipinski definition) is 2. The predicted octanol–water partition coefficient (Wildman–Crippen LogP) is 3.57. The van der Waals surface area contributed by atoms with Gasteiger partial charge in [-0.2, -0.15) is 0 Å². The molecule has 1 aromatic heterocycles. The highest BCUT2D eigenvalue weighted by molar-refractivity contribution is 5.81. The summed E-state index contributed by atoms with van der Waals surface area (Å²) in [6.07, 6.45) is 3.28.